The maximum atomic E-state index is 15.2. The van der Waals surface area contributed by atoms with Gasteiger partial charge in [-0.25, -0.2) is 13.8 Å². The molecular formula is C46H33F2N4OPt-3. The van der Waals surface area contributed by atoms with Crippen LogP contribution in [-0.2, 0) is 26.5 Å². The normalized spacial score (nSPS) is 12.6. The molecule has 0 N–H and O–H groups in total. The van der Waals surface area contributed by atoms with Gasteiger partial charge in [0, 0.05) is 67.4 Å². The number of hydrogen-bond acceptors (Lipinski definition) is 4. The fourth-order valence-electron chi connectivity index (χ4n) is 6.99. The minimum Gasteiger partial charge on any atom is -0.509 e. The van der Waals surface area contributed by atoms with Gasteiger partial charge in [0.15, 0.2) is 0 Å². The number of nitrogens with zero attached hydrogens (tertiary/aromatic N) is 4. The van der Waals surface area contributed by atoms with Crippen LogP contribution < -0.4 is 14.5 Å². The third kappa shape index (κ3) is 6.33. The number of para-hydroxylation sites is 3. The van der Waals surface area contributed by atoms with E-state index in [2.05, 4.69) is 91.0 Å². The quantitative estimate of drug-likeness (QED) is 0.156. The van der Waals surface area contributed by atoms with Crippen molar-refractivity contribution >= 4 is 44.6 Å². The summed E-state index contributed by atoms with van der Waals surface area (Å²) < 4.78 is 37.9. The first-order chi connectivity index (χ1) is 25.7. The second-order valence-corrected chi connectivity index (χ2v) is 14.1. The van der Waals surface area contributed by atoms with Crippen LogP contribution in [0.25, 0.3) is 38.8 Å². The van der Waals surface area contributed by atoms with Crippen LogP contribution in [0, 0.1) is 30.4 Å². The van der Waals surface area contributed by atoms with Crippen molar-refractivity contribution < 1.29 is 34.6 Å². The topological polar surface area (TPSA) is 33.5 Å². The van der Waals surface area contributed by atoms with Crippen LogP contribution >= 0.6 is 0 Å². The molecular weight excluding hydrogens is 858 g/mol. The van der Waals surface area contributed by atoms with Crippen LogP contribution in [0.3, 0.4) is 0 Å². The number of anilines is 4. The average Bonchev–Trinajstić information content (AvgIpc) is 3.71. The molecule has 0 unspecified atom stereocenters. The van der Waals surface area contributed by atoms with E-state index in [4.69, 9.17) is 4.74 Å². The predicted octanol–water partition coefficient (Wildman–Crippen LogP) is 12.2. The Morgan fingerprint density at radius 2 is 1.43 bits per heavy atom. The molecule has 0 aliphatic carbocycles. The summed E-state index contributed by atoms with van der Waals surface area (Å²) in [5.74, 6) is 0.485. The number of hydrogen-bond donors (Lipinski definition) is 0. The molecule has 0 bridgehead atoms. The van der Waals surface area contributed by atoms with Crippen LogP contribution in [0.2, 0.25) is 0 Å². The molecule has 6 aromatic carbocycles. The van der Waals surface area contributed by atoms with Gasteiger partial charge in [-0.15, -0.1) is 53.6 Å². The zero-order valence-corrected chi connectivity index (χ0v) is 31.9. The number of pyridine rings is 1. The molecule has 8 heteroatoms. The first kappa shape index (κ1) is 35.3. The zero-order chi connectivity index (χ0) is 36.3. The van der Waals surface area contributed by atoms with Gasteiger partial charge in [0.25, 0.3) is 0 Å². The summed E-state index contributed by atoms with van der Waals surface area (Å²) in [7, 11) is 0. The summed E-state index contributed by atoms with van der Waals surface area (Å²) in [6.07, 6.45) is 1.78. The van der Waals surface area contributed by atoms with E-state index in [0.717, 1.165) is 56.2 Å². The molecule has 1 aliphatic heterocycles. The SMILES string of the molecule is CC(C)(C)c1cccc(-c2cc(Oc3[c-]c4c(cc3)c3ccccc3n4-c3ccccn3)[c-]c(N3[CH-]N(c4ccc(F)cc4F)c4ccccc43)c2)c1.[Pt]. The monoisotopic (exact) mass is 890 g/mol. The van der Waals surface area contributed by atoms with Gasteiger partial charge >= 0.3 is 0 Å². The molecule has 0 radical (unpaired) electrons. The second-order valence-electron chi connectivity index (χ2n) is 14.1. The van der Waals surface area contributed by atoms with Gasteiger partial charge in [0.1, 0.15) is 17.5 Å². The molecule has 0 saturated carbocycles. The third-order valence-corrected chi connectivity index (χ3v) is 9.61. The maximum absolute atomic E-state index is 15.2. The standard InChI is InChI=1S/C46H33F2N4O.Pt/c1-46(2,3)32-12-10-11-30(23-32)31-24-34(50-29-51(43-16-7-6-15-42(43)50)41-21-18-33(47)26-39(41)48)27-36(25-31)53-35-19-20-38-37-13-4-5-14-40(37)52(44(38)28-35)45-17-8-9-22-49-45;/h4-26,29H,1-3H3;/q-3;. The van der Waals surface area contributed by atoms with Crippen LogP contribution in [0.4, 0.5) is 31.5 Å². The van der Waals surface area contributed by atoms with Crippen molar-refractivity contribution in [1.29, 1.82) is 0 Å². The van der Waals surface area contributed by atoms with E-state index in [1.54, 1.807) is 17.8 Å². The Kier molecular flexibility index (Phi) is 9.07. The molecule has 0 atom stereocenters. The van der Waals surface area contributed by atoms with Crippen LogP contribution in [0.15, 0.2) is 140 Å². The van der Waals surface area contributed by atoms with Gasteiger partial charge in [-0.1, -0.05) is 87.0 Å². The van der Waals surface area contributed by atoms with E-state index in [0.29, 0.717) is 17.2 Å². The number of ether oxygens (including phenoxy) is 1. The molecule has 9 rings (SSSR count). The van der Waals surface area contributed by atoms with Crippen molar-refractivity contribution in [2.45, 2.75) is 26.2 Å². The van der Waals surface area contributed by atoms with E-state index in [-0.39, 0.29) is 32.2 Å². The Hall–Kier alpha value is -5.78. The molecule has 54 heavy (non-hydrogen) atoms. The summed E-state index contributed by atoms with van der Waals surface area (Å²) in [6, 6.07) is 49.0. The largest absolute Gasteiger partial charge is 0.509 e. The molecule has 0 spiro atoms. The Balaban J connectivity index is 0.00000413. The van der Waals surface area contributed by atoms with Crippen molar-refractivity contribution in [3.63, 3.8) is 0 Å². The van der Waals surface area contributed by atoms with Crippen molar-refractivity contribution in [2.24, 2.45) is 0 Å². The average molecular weight is 891 g/mol. The number of rotatable bonds is 6. The van der Waals surface area contributed by atoms with E-state index < -0.39 is 11.6 Å². The predicted molar refractivity (Wildman–Crippen MR) is 208 cm³/mol. The second kappa shape index (κ2) is 13.9. The Morgan fingerprint density at radius 1 is 0.648 bits per heavy atom. The van der Waals surface area contributed by atoms with Gasteiger partial charge in [0.2, 0.25) is 0 Å². The first-order valence-corrected chi connectivity index (χ1v) is 17.4. The van der Waals surface area contributed by atoms with E-state index in [9.17, 15) is 4.39 Å². The fourth-order valence-corrected chi connectivity index (χ4v) is 6.99. The van der Waals surface area contributed by atoms with Crippen LogP contribution in [0.5, 0.6) is 11.5 Å². The van der Waals surface area contributed by atoms with Gasteiger partial charge in [0.05, 0.1) is 0 Å². The molecule has 3 heterocycles. The molecule has 0 fully saturated rings. The van der Waals surface area contributed by atoms with Gasteiger partial charge in [-0.2, -0.15) is 6.07 Å². The molecule has 8 aromatic rings. The molecule has 270 valence electrons. The zero-order valence-electron chi connectivity index (χ0n) is 29.6. The van der Waals surface area contributed by atoms with Crippen molar-refractivity contribution in [1.82, 2.24) is 9.55 Å². The molecule has 0 amide bonds. The summed E-state index contributed by atoms with van der Waals surface area (Å²) in [6.45, 7) is 8.39. The number of benzene rings is 6. The van der Waals surface area contributed by atoms with E-state index >= 15 is 4.39 Å². The fraction of sp³-hybridized carbons (Fsp3) is 0.0870. The Morgan fingerprint density at radius 3 is 2.20 bits per heavy atom. The number of aromatic nitrogens is 2. The van der Waals surface area contributed by atoms with Crippen molar-refractivity contribution in [2.75, 3.05) is 9.80 Å². The van der Waals surface area contributed by atoms with Gasteiger partial charge in [-0.3, -0.25) is 0 Å². The summed E-state index contributed by atoms with van der Waals surface area (Å²) in [5.41, 5.74) is 7.41. The van der Waals surface area contributed by atoms with Crippen molar-refractivity contribution in [3.05, 3.63) is 176 Å². The van der Waals surface area contributed by atoms with Crippen molar-refractivity contribution in [3.8, 4) is 28.4 Å². The summed E-state index contributed by atoms with van der Waals surface area (Å²) >= 11 is 0. The summed E-state index contributed by atoms with van der Waals surface area (Å²) in [5, 5.41) is 2.13. The molecule has 1 aliphatic rings. The smallest absolute Gasteiger partial charge is 0.147 e. The molecule has 5 nitrogen and oxygen atoms in total. The first-order valence-electron chi connectivity index (χ1n) is 17.4. The minimum absolute atomic E-state index is 0. The van der Waals surface area contributed by atoms with E-state index in [1.807, 2.05) is 71.6 Å². The van der Waals surface area contributed by atoms with Crippen LogP contribution in [0.1, 0.15) is 26.3 Å². The van der Waals surface area contributed by atoms with Gasteiger partial charge < -0.3 is 19.1 Å². The Bertz CT molecular complexity index is 2670. The molecule has 2 aromatic heterocycles. The number of halogens is 2. The van der Waals surface area contributed by atoms with Gasteiger partial charge in [-0.05, 0) is 64.4 Å². The minimum atomic E-state index is -0.660. The van der Waals surface area contributed by atoms with Crippen LogP contribution in [-0.4, -0.2) is 9.55 Å². The number of fused-ring (bicyclic) bond motifs is 4. The summed E-state index contributed by atoms with van der Waals surface area (Å²) in [4.78, 5) is 8.34. The Labute approximate surface area is 327 Å². The molecule has 0 saturated heterocycles. The van der Waals surface area contributed by atoms with E-state index in [1.165, 1.54) is 17.7 Å². The maximum Gasteiger partial charge on any atom is 0.147 e. The third-order valence-electron chi connectivity index (χ3n) is 9.61.